The molecule has 0 spiro atoms. The lowest BCUT2D eigenvalue weighted by atomic mass is 10.2. The lowest BCUT2D eigenvalue weighted by Gasteiger charge is -2.04. The van der Waals surface area contributed by atoms with Gasteiger partial charge in [-0.05, 0) is 6.92 Å². The van der Waals surface area contributed by atoms with E-state index in [1.165, 1.54) is 0 Å². The van der Waals surface area contributed by atoms with E-state index < -0.39 is 0 Å². The van der Waals surface area contributed by atoms with Crippen LogP contribution in [0.2, 0.25) is 0 Å². The average Bonchev–Trinajstić information content (AvgIpc) is 1.87. The minimum Gasteiger partial charge on any atom is -0.356 e. The van der Waals surface area contributed by atoms with Crippen LogP contribution >= 0.6 is 0 Å². The third kappa shape index (κ3) is 3.08. The Balaban J connectivity index is 3.46. The highest BCUT2D eigenvalue weighted by atomic mass is 16.3. The van der Waals surface area contributed by atoms with Crippen LogP contribution in [-0.2, 0) is 9.90 Å². The molecule has 9 heavy (non-hydrogen) atoms. The monoisotopic (exact) mass is 130 g/mol. The first-order valence-electron chi connectivity index (χ1n) is 3.08. The Labute approximate surface area is 55.1 Å². The fourth-order valence-corrected chi connectivity index (χ4v) is 0.424. The lowest BCUT2D eigenvalue weighted by Crippen LogP contribution is -2.30. The van der Waals surface area contributed by atoms with Gasteiger partial charge in [-0.2, -0.15) is 0 Å². The van der Waals surface area contributed by atoms with Crippen molar-refractivity contribution in [2.45, 2.75) is 13.8 Å². The van der Waals surface area contributed by atoms with Gasteiger partial charge in [0.15, 0.2) is 0 Å². The largest absolute Gasteiger partial charge is 0.356 e. The molecule has 0 heterocycles. The first-order chi connectivity index (χ1) is 4.22. The standard InChI is InChI=1S/C6H12NO2/c1-3-7-6(9)5(2)4-8/h5H,3-4H2,1-2H3,(H,7,9). The predicted octanol–water partition coefficient (Wildman–Crippen LogP) is 0.189. The molecule has 1 amide bonds. The normalized spacial score (nSPS) is 12.8. The third-order valence-electron chi connectivity index (χ3n) is 1.05. The maximum absolute atomic E-state index is 10.7. The van der Waals surface area contributed by atoms with Gasteiger partial charge in [0.05, 0.1) is 12.5 Å². The van der Waals surface area contributed by atoms with E-state index in [4.69, 9.17) is 0 Å². The average molecular weight is 130 g/mol. The summed E-state index contributed by atoms with van der Waals surface area (Å²) in [5.41, 5.74) is 0. The number of carbonyl (C=O) groups is 1. The zero-order valence-electron chi connectivity index (χ0n) is 5.81. The van der Waals surface area contributed by atoms with Crippen molar-refractivity contribution >= 4 is 5.91 Å². The van der Waals surface area contributed by atoms with Crippen LogP contribution in [0, 0.1) is 5.92 Å². The van der Waals surface area contributed by atoms with E-state index in [2.05, 4.69) is 5.32 Å². The highest BCUT2D eigenvalue weighted by Gasteiger charge is 2.09. The van der Waals surface area contributed by atoms with Crippen molar-refractivity contribution < 1.29 is 9.90 Å². The van der Waals surface area contributed by atoms with Crippen molar-refractivity contribution in [3.05, 3.63) is 0 Å². The van der Waals surface area contributed by atoms with Crippen molar-refractivity contribution in [1.29, 1.82) is 0 Å². The first kappa shape index (κ1) is 8.43. The summed E-state index contributed by atoms with van der Waals surface area (Å²) in [7, 11) is 0. The zero-order valence-corrected chi connectivity index (χ0v) is 5.81. The Morgan fingerprint density at radius 1 is 1.67 bits per heavy atom. The van der Waals surface area contributed by atoms with Gasteiger partial charge in [0.2, 0.25) is 5.91 Å². The number of nitrogens with one attached hydrogen (secondary N) is 1. The maximum atomic E-state index is 10.7. The lowest BCUT2D eigenvalue weighted by molar-refractivity contribution is -0.126. The molecule has 1 atom stereocenters. The molecule has 0 aromatic carbocycles. The molecular formula is C6H12NO2. The third-order valence-corrected chi connectivity index (χ3v) is 1.05. The van der Waals surface area contributed by atoms with Gasteiger partial charge in [-0.25, -0.2) is 5.11 Å². The van der Waals surface area contributed by atoms with Gasteiger partial charge in [-0.15, -0.1) is 0 Å². The SMILES string of the molecule is CCNC(=O)C(C)C[O]. The number of hydrogen-bond donors (Lipinski definition) is 1. The van der Waals surface area contributed by atoms with Crippen LogP contribution in [0.5, 0.6) is 0 Å². The molecule has 0 bridgehead atoms. The van der Waals surface area contributed by atoms with Crippen molar-refractivity contribution in [2.75, 3.05) is 13.2 Å². The van der Waals surface area contributed by atoms with E-state index in [-0.39, 0.29) is 18.4 Å². The quantitative estimate of drug-likeness (QED) is 0.582. The number of rotatable bonds is 3. The smallest absolute Gasteiger partial charge is 0.225 e. The number of carbonyl (C=O) groups excluding carboxylic acids is 1. The van der Waals surface area contributed by atoms with E-state index in [9.17, 15) is 9.90 Å². The fourth-order valence-electron chi connectivity index (χ4n) is 0.424. The molecule has 1 N–H and O–H groups in total. The Bertz CT molecular complexity index is 93.1. The first-order valence-corrected chi connectivity index (χ1v) is 3.08. The highest BCUT2D eigenvalue weighted by Crippen LogP contribution is 1.90. The Kier molecular flexibility index (Phi) is 4.05. The molecule has 53 valence electrons. The van der Waals surface area contributed by atoms with Crippen molar-refractivity contribution in [3.63, 3.8) is 0 Å². The van der Waals surface area contributed by atoms with Crippen LogP contribution in [0.15, 0.2) is 0 Å². The summed E-state index contributed by atoms with van der Waals surface area (Å²) in [5.74, 6) is -0.530. The molecule has 0 aliphatic rings. The summed E-state index contributed by atoms with van der Waals surface area (Å²) >= 11 is 0. The van der Waals surface area contributed by atoms with Crippen molar-refractivity contribution in [3.8, 4) is 0 Å². The minimum absolute atomic E-state index is 0.146. The van der Waals surface area contributed by atoms with Crippen molar-refractivity contribution in [2.24, 2.45) is 5.92 Å². The van der Waals surface area contributed by atoms with Gasteiger partial charge in [-0.1, -0.05) is 6.92 Å². The summed E-state index contributed by atoms with van der Waals surface area (Å²) in [4.78, 5) is 10.7. The van der Waals surface area contributed by atoms with E-state index in [0.29, 0.717) is 6.54 Å². The van der Waals surface area contributed by atoms with Gasteiger partial charge in [0, 0.05) is 6.54 Å². The van der Waals surface area contributed by atoms with Crippen LogP contribution < -0.4 is 5.32 Å². The molecule has 0 fully saturated rings. The van der Waals surface area contributed by atoms with Gasteiger partial charge in [-0.3, -0.25) is 4.79 Å². The minimum atomic E-state index is -0.384. The predicted molar refractivity (Wildman–Crippen MR) is 33.4 cm³/mol. The fraction of sp³-hybridized carbons (Fsp3) is 0.833. The molecule has 0 saturated carbocycles. The molecule has 1 radical (unpaired) electrons. The summed E-state index contributed by atoms with van der Waals surface area (Å²) < 4.78 is 0. The maximum Gasteiger partial charge on any atom is 0.225 e. The second-order valence-electron chi connectivity index (χ2n) is 1.96. The van der Waals surface area contributed by atoms with Gasteiger partial charge < -0.3 is 5.32 Å². The molecule has 0 rings (SSSR count). The summed E-state index contributed by atoms with van der Waals surface area (Å²) in [6.07, 6.45) is 0. The zero-order chi connectivity index (χ0) is 7.28. The summed E-state index contributed by atoms with van der Waals surface area (Å²) in [6.45, 7) is 3.72. The molecular weight excluding hydrogens is 118 g/mol. The second kappa shape index (κ2) is 4.32. The second-order valence-corrected chi connectivity index (χ2v) is 1.96. The molecule has 1 unspecified atom stereocenters. The molecule has 0 saturated heterocycles. The highest BCUT2D eigenvalue weighted by molar-refractivity contribution is 5.78. The number of hydrogen-bond acceptors (Lipinski definition) is 1. The van der Waals surface area contributed by atoms with E-state index in [0.717, 1.165) is 0 Å². The molecule has 0 aromatic rings. The van der Waals surface area contributed by atoms with Gasteiger partial charge in [0.25, 0.3) is 0 Å². The molecule has 0 aromatic heterocycles. The van der Waals surface area contributed by atoms with E-state index in [1.54, 1.807) is 6.92 Å². The Hall–Kier alpha value is -0.570. The molecule has 3 nitrogen and oxygen atoms in total. The van der Waals surface area contributed by atoms with E-state index >= 15 is 0 Å². The Morgan fingerprint density at radius 2 is 2.22 bits per heavy atom. The summed E-state index contributed by atoms with van der Waals surface area (Å²) in [6, 6.07) is 0. The van der Waals surface area contributed by atoms with Crippen LogP contribution in [0.25, 0.3) is 0 Å². The van der Waals surface area contributed by atoms with Crippen molar-refractivity contribution in [1.82, 2.24) is 5.32 Å². The van der Waals surface area contributed by atoms with Gasteiger partial charge in [0.1, 0.15) is 0 Å². The molecule has 0 aliphatic carbocycles. The summed E-state index contributed by atoms with van der Waals surface area (Å²) in [5, 5.41) is 12.6. The Morgan fingerprint density at radius 3 is 2.56 bits per heavy atom. The molecule has 3 heteroatoms. The number of amides is 1. The topological polar surface area (TPSA) is 49.0 Å². The van der Waals surface area contributed by atoms with Crippen LogP contribution in [0.4, 0.5) is 0 Å². The molecule has 0 aliphatic heterocycles. The van der Waals surface area contributed by atoms with Crippen LogP contribution in [0.1, 0.15) is 13.8 Å². The van der Waals surface area contributed by atoms with E-state index in [1.807, 2.05) is 6.92 Å². The van der Waals surface area contributed by atoms with Crippen LogP contribution in [0.3, 0.4) is 0 Å². The van der Waals surface area contributed by atoms with Gasteiger partial charge >= 0.3 is 0 Å². The van der Waals surface area contributed by atoms with Crippen LogP contribution in [-0.4, -0.2) is 19.1 Å².